The molecule has 0 spiro atoms. The molecule has 1 aromatic rings. The van der Waals surface area contributed by atoms with E-state index in [1.165, 1.54) is 11.8 Å². The van der Waals surface area contributed by atoms with Crippen molar-refractivity contribution in [1.82, 2.24) is 0 Å². The number of halogens is 1. The highest BCUT2D eigenvalue weighted by molar-refractivity contribution is 7.99. The van der Waals surface area contributed by atoms with Gasteiger partial charge in [-0.3, -0.25) is 0 Å². The molecule has 1 aromatic carbocycles. The largest absolute Gasteiger partial charge is 0.486 e. The van der Waals surface area contributed by atoms with E-state index in [0.29, 0.717) is 29.7 Å². The van der Waals surface area contributed by atoms with Gasteiger partial charge in [0, 0.05) is 16.7 Å². The zero-order valence-electron chi connectivity index (χ0n) is 9.83. The molecular weight excluding hydrogens is 260 g/mol. The van der Waals surface area contributed by atoms with E-state index in [-0.39, 0.29) is 0 Å². The molecular formula is C12H15ClO3S. The SMILES string of the molecule is CC(C)(O)CSc1cc2c(cc1Cl)OCCO2. The van der Waals surface area contributed by atoms with Crippen molar-refractivity contribution in [2.24, 2.45) is 0 Å². The summed E-state index contributed by atoms with van der Waals surface area (Å²) in [5.41, 5.74) is -0.721. The molecule has 0 atom stereocenters. The Morgan fingerprint density at radius 2 is 1.88 bits per heavy atom. The number of fused-ring (bicyclic) bond motifs is 1. The van der Waals surface area contributed by atoms with Crippen molar-refractivity contribution in [3.63, 3.8) is 0 Å². The Morgan fingerprint density at radius 1 is 1.29 bits per heavy atom. The van der Waals surface area contributed by atoms with Crippen LogP contribution >= 0.6 is 23.4 Å². The number of thioether (sulfide) groups is 1. The number of hydrogen-bond acceptors (Lipinski definition) is 4. The lowest BCUT2D eigenvalue weighted by Crippen LogP contribution is -2.21. The summed E-state index contributed by atoms with van der Waals surface area (Å²) < 4.78 is 10.9. The molecule has 1 aliphatic heterocycles. The molecule has 0 aromatic heterocycles. The second-order valence-electron chi connectivity index (χ2n) is 4.53. The van der Waals surface area contributed by atoms with Crippen molar-refractivity contribution in [3.8, 4) is 11.5 Å². The summed E-state index contributed by atoms with van der Waals surface area (Å²) in [6.45, 7) is 4.65. The third kappa shape index (κ3) is 3.44. The summed E-state index contributed by atoms with van der Waals surface area (Å²) >= 11 is 7.66. The van der Waals surface area contributed by atoms with Crippen LogP contribution in [0, 0.1) is 0 Å². The molecule has 3 nitrogen and oxygen atoms in total. The van der Waals surface area contributed by atoms with E-state index in [1.807, 2.05) is 6.07 Å². The van der Waals surface area contributed by atoms with Crippen molar-refractivity contribution in [2.45, 2.75) is 24.3 Å². The smallest absolute Gasteiger partial charge is 0.162 e. The van der Waals surface area contributed by atoms with Gasteiger partial charge in [0.2, 0.25) is 0 Å². The van der Waals surface area contributed by atoms with Crippen LogP contribution in [0.5, 0.6) is 11.5 Å². The Kier molecular flexibility index (Phi) is 3.76. The minimum Gasteiger partial charge on any atom is -0.486 e. The predicted molar refractivity (Wildman–Crippen MR) is 69.5 cm³/mol. The van der Waals surface area contributed by atoms with Crippen LogP contribution in [-0.4, -0.2) is 29.7 Å². The van der Waals surface area contributed by atoms with Gasteiger partial charge in [-0.25, -0.2) is 0 Å². The molecule has 0 unspecified atom stereocenters. The molecule has 94 valence electrons. The van der Waals surface area contributed by atoms with Crippen LogP contribution in [0.15, 0.2) is 17.0 Å². The van der Waals surface area contributed by atoms with Crippen LogP contribution < -0.4 is 9.47 Å². The van der Waals surface area contributed by atoms with E-state index in [2.05, 4.69) is 0 Å². The van der Waals surface area contributed by atoms with Crippen LogP contribution in [0.4, 0.5) is 0 Å². The van der Waals surface area contributed by atoms with Gasteiger partial charge in [0.25, 0.3) is 0 Å². The lowest BCUT2D eigenvalue weighted by atomic mass is 10.2. The minimum atomic E-state index is -0.721. The summed E-state index contributed by atoms with van der Waals surface area (Å²) in [4.78, 5) is 0.901. The Bertz CT molecular complexity index is 415. The lowest BCUT2D eigenvalue weighted by molar-refractivity contribution is 0.107. The third-order valence-corrected chi connectivity index (χ3v) is 4.10. The maximum Gasteiger partial charge on any atom is 0.162 e. The van der Waals surface area contributed by atoms with Crippen LogP contribution in [0.3, 0.4) is 0 Å². The van der Waals surface area contributed by atoms with Gasteiger partial charge in [0.1, 0.15) is 13.2 Å². The van der Waals surface area contributed by atoms with Gasteiger partial charge in [-0.15, -0.1) is 11.8 Å². The van der Waals surface area contributed by atoms with E-state index in [9.17, 15) is 5.11 Å². The average Bonchev–Trinajstić information content (AvgIpc) is 2.25. The molecule has 1 N–H and O–H groups in total. The molecule has 0 fully saturated rings. The molecule has 1 heterocycles. The van der Waals surface area contributed by atoms with Gasteiger partial charge >= 0.3 is 0 Å². The van der Waals surface area contributed by atoms with Gasteiger partial charge in [-0.05, 0) is 19.9 Å². The quantitative estimate of drug-likeness (QED) is 0.860. The van der Waals surface area contributed by atoms with Crippen molar-refractivity contribution in [2.75, 3.05) is 19.0 Å². The Labute approximate surface area is 110 Å². The Hall–Kier alpha value is -0.580. The van der Waals surface area contributed by atoms with Crippen LogP contribution in [0.2, 0.25) is 5.02 Å². The molecule has 1 aliphatic rings. The first-order valence-corrected chi connectivity index (χ1v) is 6.76. The fourth-order valence-electron chi connectivity index (χ4n) is 1.41. The second kappa shape index (κ2) is 4.96. The van der Waals surface area contributed by atoms with Gasteiger partial charge in [0.15, 0.2) is 11.5 Å². The minimum absolute atomic E-state index is 0.555. The Morgan fingerprint density at radius 3 is 2.47 bits per heavy atom. The maximum atomic E-state index is 9.69. The molecule has 5 heteroatoms. The van der Waals surface area contributed by atoms with Crippen molar-refractivity contribution in [1.29, 1.82) is 0 Å². The van der Waals surface area contributed by atoms with Crippen LogP contribution in [0.1, 0.15) is 13.8 Å². The highest BCUT2D eigenvalue weighted by atomic mass is 35.5. The number of benzene rings is 1. The summed E-state index contributed by atoms with van der Waals surface area (Å²) in [6.07, 6.45) is 0. The summed E-state index contributed by atoms with van der Waals surface area (Å²) in [5, 5.41) is 10.3. The highest BCUT2D eigenvalue weighted by Crippen LogP contribution is 2.40. The van der Waals surface area contributed by atoms with Crippen LogP contribution in [0.25, 0.3) is 0 Å². The fourth-order valence-corrected chi connectivity index (χ4v) is 2.62. The topological polar surface area (TPSA) is 38.7 Å². The number of aliphatic hydroxyl groups is 1. The van der Waals surface area contributed by atoms with Gasteiger partial charge < -0.3 is 14.6 Å². The monoisotopic (exact) mass is 274 g/mol. The van der Waals surface area contributed by atoms with Crippen LogP contribution in [-0.2, 0) is 0 Å². The summed E-state index contributed by atoms with van der Waals surface area (Å²) in [7, 11) is 0. The number of rotatable bonds is 3. The molecule has 0 saturated heterocycles. The summed E-state index contributed by atoms with van der Waals surface area (Å²) in [5.74, 6) is 1.99. The molecule has 2 rings (SSSR count). The van der Waals surface area contributed by atoms with Gasteiger partial charge in [0.05, 0.1) is 10.6 Å². The predicted octanol–water partition coefficient (Wildman–Crippen LogP) is 2.97. The van der Waals surface area contributed by atoms with Crippen molar-refractivity contribution in [3.05, 3.63) is 17.2 Å². The lowest BCUT2D eigenvalue weighted by Gasteiger charge is -2.21. The molecule has 0 radical (unpaired) electrons. The summed E-state index contributed by atoms with van der Waals surface area (Å²) in [6, 6.07) is 3.63. The normalized spacial score (nSPS) is 14.8. The van der Waals surface area contributed by atoms with Crippen molar-refractivity contribution >= 4 is 23.4 Å². The maximum absolute atomic E-state index is 9.69. The number of hydrogen-bond donors (Lipinski definition) is 1. The van der Waals surface area contributed by atoms with E-state index in [4.69, 9.17) is 21.1 Å². The molecule has 0 aliphatic carbocycles. The molecule has 17 heavy (non-hydrogen) atoms. The van der Waals surface area contributed by atoms with Gasteiger partial charge in [-0.2, -0.15) is 0 Å². The third-order valence-electron chi connectivity index (χ3n) is 2.18. The van der Waals surface area contributed by atoms with E-state index >= 15 is 0 Å². The standard InChI is InChI=1S/C12H15ClO3S/c1-12(2,14)7-17-11-6-10-9(5-8(11)13)15-3-4-16-10/h5-6,14H,3-4,7H2,1-2H3. The van der Waals surface area contributed by atoms with E-state index in [1.54, 1.807) is 19.9 Å². The molecule has 0 amide bonds. The van der Waals surface area contributed by atoms with E-state index in [0.717, 1.165) is 10.6 Å². The van der Waals surface area contributed by atoms with Crippen molar-refractivity contribution < 1.29 is 14.6 Å². The Balaban J connectivity index is 2.17. The number of ether oxygens (including phenoxy) is 2. The first kappa shape index (κ1) is 12.9. The zero-order chi connectivity index (χ0) is 12.5. The average molecular weight is 275 g/mol. The van der Waals surface area contributed by atoms with E-state index < -0.39 is 5.60 Å². The molecule has 0 bridgehead atoms. The fraction of sp³-hybridized carbons (Fsp3) is 0.500. The van der Waals surface area contributed by atoms with Gasteiger partial charge in [-0.1, -0.05) is 11.6 Å². The highest BCUT2D eigenvalue weighted by Gasteiger charge is 2.18. The first-order valence-electron chi connectivity index (χ1n) is 5.40. The molecule has 0 saturated carbocycles. The zero-order valence-corrected chi connectivity index (χ0v) is 11.4. The second-order valence-corrected chi connectivity index (χ2v) is 5.95. The first-order chi connectivity index (χ1) is 7.96.